The minimum absolute atomic E-state index is 0.0151. The van der Waals surface area contributed by atoms with Crippen molar-refractivity contribution in [2.45, 2.75) is 31.2 Å². The lowest BCUT2D eigenvalue weighted by Gasteiger charge is -2.42. The lowest BCUT2D eigenvalue weighted by atomic mass is 9.84. The Morgan fingerprint density at radius 2 is 1.82 bits per heavy atom. The van der Waals surface area contributed by atoms with Gasteiger partial charge in [0.15, 0.2) is 5.60 Å². The fourth-order valence-electron chi connectivity index (χ4n) is 3.24. The highest BCUT2D eigenvalue weighted by Crippen LogP contribution is 2.52. The lowest BCUT2D eigenvalue weighted by Crippen LogP contribution is -2.48. The third-order valence-electron chi connectivity index (χ3n) is 4.61. The molecule has 0 spiro atoms. The van der Waals surface area contributed by atoms with E-state index in [-0.39, 0.29) is 17.7 Å². The van der Waals surface area contributed by atoms with E-state index < -0.39 is 30.3 Å². The number of hydrogen-bond donors (Lipinski definition) is 0. The molecule has 148 valence electrons. The van der Waals surface area contributed by atoms with Gasteiger partial charge in [0.1, 0.15) is 6.10 Å². The Labute approximate surface area is 169 Å². The van der Waals surface area contributed by atoms with Crippen LogP contribution in [0.3, 0.4) is 0 Å². The van der Waals surface area contributed by atoms with E-state index >= 15 is 0 Å². The van der Waals surface area contributed by atoms with Crippen LogP contribution in [0.1, 0.15) is 30.6 Å². The largest absolute Gasteiger partial charge is 0.463 e. The molecule has 0 fully saturated rings. The molecular weight excluding hydrogens is 437 g/mol. The number of carbonyl (C=O) groups is 1. The zero-order chi connectivity index (χ0) is 20.4. The molecule has 3 nitrogen and oxygen atoms in total. The topological polar surface area (TPSA) is 35.5 Å². The van der Waals surface area contributed by atoms with Crippen molar-refractivity contribution in [1.82, 2.24) is 0 Å². The van der Waals surface area contributed by atoms with Crippen molar-refractivity contribution < 1.29 is 27.4 Å². The first-order chi connectivity index (χ1) is 13.3. The predicted molar refractivity (Wildman–Crippen MR) is 101 cm³/mol. The zero-order valence-electron chi connectivity index (χ0n) is 15.0. The maximum Gasteiger partial charge on any atom is 0.422 e. The first kappa shape index (κ1) is 20.6. The zero-order valence-corrected chi connectivity index (χ0v) is 16.6. The Morgan fingerprint density at radius 1 is 1.18 bits per heavy atom. The Balaban J connectivity index is 2.17. The van der Waals surface area contributed by atoms with Gasteiger partial charge in [-0.15, -0.1) is 0 Å². The summed E-state index contributed by atoms with van der Waals surface area (Å²) in [6.07, 6.45) is -5.16. The van der Waals surface area contributed by atoms with Gasteiger partial charge in [0, 0.05) is 10.9 Å². The second-order valence-corrected chi connectivity index (χ2v) is 7.15. The van der Waals surface area contributed by atoms with Crippen LogP contribution in [0.2, 0.25) is 0 Å². The molecule has 0 radical (unpaired) electrons. The number of carbonyl (C=O) groups excluding carboxylic acids is 1. The minimum Gasteiger partial charge on any atom is -0.463 e. The molecule has 0 saturated heterocycles. The maximum atomic E-state index is 14.3. The number of alkyl halides is 3. The summed E-state index contributed by atoms with van der Waals surface area (Å²) in [5.74, 6) is -0.688. The van der Waals surface area contributed by atoms with Crippen LogP contribution in [-0.4, -0.2) is 18.8 Å². The average molecular weight is 455 g/mol. The standard InChI is InChI=1S/C21H18BrF3O3/c1-2-27-19(26)16-12-13-20(21(23,24)25,14-8-4-3-5-9-14)28-18(16)15-10-6-7-11-17(15)22/h3-12,18H,2,13H2,1H3/t18-,20-/m1/s1. The first-order valence-corrected chi connectivity index (χ1v) is 9.51. The fourth-order valence-corrected chi connectivity index (χ4v) is 3.73. The summed E-state index contributed by atoms with van der Waals surface area (Å²) in [5.41, 5.74) is -2.10. The van der Waals surface area contributed by atoms with E-state index in [1.54, 1.807) is 37.3 Å². The van der Waals surface area contributed by atoms with E-state index in [9.17, 15) is 18.0 Å². The second kappa shape index (κ2) is 8.09. The Bertz CT molecular complexity index is 880. The van der Waals surface area contributed by atoms with E-state index in [2.05, 4.69) is 15.9 Å². The number of rotatable bonds is 4. The monoisotopic (exact) mass is 454 g/mol. The van der Waals surface area contributed by atoms with Crippen molar-refractivity contribution in [2.75, 3.05) is 6.61 Å². The van der Waals surface area contributed by atoms with Gasteiger partial charge in [0.2, 0.25) is 0 Å². The summed E-state index contributed by atoms with van der Waals surface area (Å²) < 4.78 is 54.1. The molecule has 1 heterocycles. The van der Waals surface area contributed by atoms with E-state index in [0.717, 1.165) is 0 Å². The van der Waals surface area contributed by atoms with E-state index in [1.807, 2.05) is 0 Å². The average Bonchev–Trinajstić information content (AvgIpc) is 2.68. The Morgan fingerprint density at radius 3 is 2.43 bits per heavy atom. The Hall–Kier alpha value is -2.12. The molecule has 1 aliphatic rings. The highest BCUT2D eigenvalue weighted by molar-refractivity contribution is 9.10. The third-order valence-corrected chi connectivity index (χ3v) is 5.33. The lowest BCUT2D eigenvalue weighted by molar-refractivity contribution is -0.298. The van der Waals surface area contributed by atoms with Crippen LogP contribution in [0.5, 0.6) is 0 Å². The van der Waals surface area contributed by atoms with Gasteiger partial charge in [0.25, 0.3) is 0 Å². The fraction of sp³-hybridized carbons (Fsp3) is 0.286. The van der Waals surface area contributed by atoms with E-state index in [1.165, 1.54) is 30.3 Å². The van der Waals surface area contributed by atoms with Gasteiger partial charge in [-0.3, -0.25) is 0 Å². The van der Waals surface area contributed by atoms with Crippen molar-refractivity contribution in [2.24, 2.45) is 0 Å². The summed E-state index contributed by atoms with van der Waals surface area (Å²) in [6.45, 7) is 1.75. The normalized spacial score (nSPS) is 22.5. The molecule has 3 rings (SSSR count). The molecule has 0 bridgehead atoms. The highest BCUT2D eigenvalue weighted by atomic mass is 79.9. The smallest absolute Gasteiger partial charge is 0.422 e. The van der Waals surface area contributed by atoms with Gasteiger partial charge >= 0.3 is 12.1 Å². The van der Waals surface area contributed by atoms with Gasteiger partial charge in [-0.2, -0.15) is 13.2 Å². The van der Waals surface area contributed by atoms with Crippen molar-refractivity contribution in [3.63, 3.8) is 0 Å². The van der Waals surface area contributed by atoms with Crippen molar-refractivity contribution in [3.05, 3.63) is 81.8 Å². The predicted octanol–water partition coefficient (Wildman–Crippen LogP) is 5.86. The summed E-state index contributed by atoms with van der Waals surface area (Å²) in [6, 6.07) is 14.2. The van der Waals surface area contributed by atoms with Crippen molar-refractivity contribution in [3.8, 4) is 0 Å². The van der Waals surface area contributed by atoms with E-state index in [0.29, 0.717) is 10.0 Å². The Kier molecular flexibility index (Phi) is 5.95. The summed E-state index contributed by atoms with van der Waals surface area (Å²) in [4.78, 5) is 12.4. The number of esters is 1. The molecule has 2 atom stereocenters. The van der Waals surface area contributed by atoms with Gasteiger partial charge in [0.05, 0.1) is 12.2 Å². The van der Waals surface area contributed by atoms with Crippen molar-refractivity contribution >= 4 is 21.9 Å². The SMILES string of the molecule is CCOC(=O)C1=CC[C@@](c2ccccc2)(C(F)(F)F)O[C@@H]1c1ccccc1Br. The quantitative estimate of drug-likeness (QED) is 0.542. The maximum absolute atomic E-state index is 14.3. The number of ether oxygens (including phenoxy) is 2. The number of halogens is 4. The summed E-state index contributed by atoms with van der Waals surface area (Å²) in [7, 11) is 0. The molecule has 2 aromatic rings. The molecule has 2 aromatic carbocycles. The number of benzene rings is 2. The molecule has 0 saturated carbocycles. The van der Waals surface area contributed by atoms with Crippen LogP contribution >= 0.6 is 15.9 Å². The van der Waals surface area contributed by atoms with Gasteiger partial charge in [-0.1, -0.05) is 70.5 Å². The van der Waals surface area contributed by atoms with Crippen LogP contribution < -0.4 is 0 Å². The number of hydrogen-bond acceptors (Lipinski definition) is 3. The summed E-state index contributed by atoms with van der Waals surface area (Å²) >= 11 is 3.35. The highest BCUT2D eigenvalue weighted by Gasteiger charge is 2.60. The van der Waals surface area contributed by atoms with Crippen LogP contribution in [0, 0.1) is 0 Å². The van der Waals surface area contributed by atoms with Gasteiger partial charge in [-0.05, 0) is 24.1 Å². The molecule has 0 N–H and O–H groups in total. The first-order valence-electron chi connectivity index (χ1n) is 8.72. The molecule has 0 amide bonds. The molecule has 0 unspecified atom stereocenters. The third kappa shape index (κ3) is 3.73. The molecule has 1 aliphatic heterocycles. The summed E-state index contributed by atoms with van der Waals surface area (Å²) in [5, 5.41) is 0. The molecule has 0 aliphatic carbocycles. The van der Waals surface area contributed by atoms with Gasteiger partial charge < -0.3 is 9.47 Å². The van der Waals surface area contributed by atoms with Crippen LogP contribution in [0.15, 0.2) is 70.7 Å². The molecule has 7 heteroatoms. The molecule has 28 heavy (non-hydrogen) atoms. The molecule has 0 aromatic heterocycles. The van der Waals surface area contributed by atoms with Crippen LogP contribution in [0.4, 0.5) is 13.2 Å². The van der Waals surface area contributed by atoms with E-state index in [4.69, 9.17) is 9.47 Å². The second-order valence-electron chi connectivity index (χ2n) is 6.29. The van der Waals surface area contributed by atoms with Gasteiger partial charge in [-0.25, -0.2) is 4.79 Å². The van der Waals surface area contributed by atoms with Crippen molar-refractivity contribution in [1.29, 1.82) is 0 Å². The molecular formula is C21H18BrF3O3. The van der Waals surface area contributed by atoms with Crippen LogP contribution in [0.25, 0.3) is 0 Å². The van der Waals surface area contributed by atoms with Crippen LogP contribution in [-0.2, 0) is 19.9 Å². The minimum atomic E-state index is -4.69.